The molecule has 4 aromatic carbocycles. The van der Waals surface area contributed by atoms with E-state index in [9.17, 15) is 45.6 Å². The Balaban J connectivity index is 0.000000204. The molecular weight excluding hydrogens is 1320 g/mol. The monoisotopic (exact) mass is 1420 g/mol. The van der Waals surface area contributed by atoms with Gasteiger partial charge in [0, 0.05) is 165 Å². The van der Waals surface area contributed by atoms with Crippen LogP contribution in [0.2, 0.25) is 0 Å². The lowest BCUT2D eigenvalue weighted by Gasteiger charge is -2.40. The zero-order chi connectivity index (χ0) is 70.9. The van der Waals surface area contributed by atoms with E-state index < -0.39 is 55.4 Å². The van der Waals surface area contributed by atoms with E-state index in [-0.39, 0.29) is 36.4 Å². The van der Waals surface area contributed by atoms with E-state index in [1.165, 1.54) is 8.61 Å². The summed E-state index contributed by atoms with van der Waals surface area (Å²) in [5, 5.41) is 8.11. The van der Waals surface area contributed by atoms with E-state index in [1.54, 1.807) is 29.2 Å². The second kappa shape index (κ2) is 32.2. The molecule has 25 nitrogen and oxygen atoms in total. The third-order valence-electron chi connectivity index (χ3n) is 20.3. The summed E-state index contributed by atoms with van der Waals surface area (Å²) in [6.07, 6.45) is 5.65. The van der Waals surface area contributed by atoms with Crippen molar-refractivity contribution in [3.05, 3.63) is 114 Å². The zero-order valence-corrected chi connectivity index (χ0v) is 60.6. The number of carbonyl (C=O) groups is 6. The largest absolute Gasteiger partial charge is 0.445 e. The van der Waals surface area contributed by atoms with Crippen LogP contribution in [-0.4, -0.2) is 228 Å². The number of amides is 6. The predicted octanol–water partition coefficient (Wildman–Crippen LogP) is 7.70. The van der Waals surface area contributed by atoms with Crippen molar-refractivity contribution in [1.29, 1.82) is 0 Å². The van der Waals surface area contributed by atoms with Crippen molar-refractivity contribution in [1.82, 2.24) is 44.2 Å². The molecule has 544 valence electrons. The van der Waals surface area contributed by atoms with Crippen molar-refractivity contribution in [3.63, 3.8) is 0 Å². The number of hydrogen-bond donors (Lipinski definition) is 3. The van der Waals surface area contributed by atoms with Crippen molar-refractivity contribution >= 4 is 73.1 Å². The average molecular weight is 1420 g/mol. The van der Waals surface area contributed by atoms with E-state index >= 15 is 0 Å². The second-order valence-corrected chi connectivity index (χ2v) is 33.7. The molecule has 0 radical (unpaired) electrons. The number of hydrogen-bond acceptors (Lipinski definition) is 18. The highest BCUT2D eigenvalue weighted by atomic mass is 32.2. The number of piperazine rings is 2. The van der Waals surface area contributed by atoms with Gasteiger partial charge in [0.15, 0.2) is 0 Å². The third-order valence-corrected chi connectivity index (χ3v) is 24.1. The number of benzene rings is 4. The number of sulfonamides is 2. The van der Waals surface area contributed by atoms with E-state index in [1.807, 2.05) is 113 Å². The summed E-state index contributed by atoms with van der Waals surface area (Å²) in [7, 11) is -7.32. The Hall–Kier alpha value is -7.56. The van der Waals surface area contributed by atoms with Gasteiger partial charge in [-0.3, -0.25) is 29.5 Å². The Bertz CT molecular complexity index is 3750. The molecule has 0 aromatic heterocycles. The lowest BCUT2D eigenvalue weighted by molar-refractivity contribution is -0.136. The molecule has 100 heavy (non-hydrogen) atoms. The van der Waals surface area contributed by atoms with Gasteiger partial charge in [0.1, 0.15) is 23.9 Å². The van der Waals surface area contributed by atoms with E-state index in [4.69, 9.17) is 14.2 Å². The van der Waals surface area contributed by atoms with Crippen LogP contribution in [0.3, 0.4) is 0 Å². The minimum absolute atomic E-state index is 0.113. The number of piperidine rings is 5. The zero-order valence-electron chi connectivity index (χ0n) is 59.0. The number of imide groups is 1. The first-order valence-electron chi connectivity index (χ1n) is 35.8. The molecule has 12 rings (SSSR count). The lowest BCUT2D eigenvalue weighted by atomic mass is 9.95. The molecule has 8 aliphatic rings. The molecule has 8 heterocycles. The summed E-state index contributed by atoms with van der Waals surface area (Å²) < 4.78 is 73.6. The minimum atomic E-state index is -3.67. The number of alkyl carbamates (subject to hydrolysis) is 2. The van der Waals surface area contributed by atoms with Gasteiger partial charge in [0.2, 0.25) is 31.9 Å². The Labute approximate surface area is 590 Å². The average Bonchev–Trinajstić information content (AvgIpc) is 1.62. The SMILES string of the molecule is CC(C)(C)OC(=O)NC1CCN(S(=O)(=O)c2cccc(N3CCN(CC4CCN(C(=O)OCc5ccccc5)CC4)CC3)c2)CC1.CC(C)(C)OC(=O)NC1CCN(S(=O)(=O)c2cccc(N3CCN(CC4CCN(c5ccc6c(c5)CN(C5CCC(=O)NC5=O)C6=O)CC4)CC3)c2)CC1. The molecule has 1 atom stereocenters. The number of nitrogens with one attached hydrogen (secondary N) is 3. The van der Waals surface area contributed by atoms with E-state index in [2.05, 4.69) is 46.5 Å². The van der Waals surface area contributed by atoms with Crippen LogP contribution in [0.4, 0.5) is 31.4 Å². The maximum absolute atomic E-state index is 13.6. The van der Waals surface area contributed by atoms with Crippen molar-refractivity contribution < 1.29 is 59.8 Å². The van der Waals surface area contributed by atoms with Gasteiger partial charge in [0.05, 0.1) is 9.79 Å². The smallest absolute Gasteiger partial charge is 0.410 e. The van der Waals surface area contributed by atoms with Crippen molar-refractivity contribution in [2.24, 2.45) is 11.8 Å². The van der Waals surface area contributed by atoms with E-state index in [0.29, 0.717) is 98.6 Å². The fourth-order valence-electron chi connectivity index (χ4n) is 14.8. The molecule has 1 unspecified atom stereocenters. The number of likely N-dealkylation sites (tertiary alicyclic amines) is 1. The number of anilines is 3. The normalized spacial score (nSPS) is 21.2. The lowest BCUT2D eigenvalue weighted by Crippen LogP contribution is -2.52. The molecule has 0 saturated carbocycles. The maximum Gasteiger partial charge on any atom is 0.410 e. The fraction of sp³-hybridized carbons (Fsp3) is 0.589. The van der Waals surface area contributed by atoms with E-state index in [0.717, 1.165) is 145 Å². The maximum atomic E-state index is 13.6. The molecule has 0 spiro atoms. The van der Waals surface area contributed by atoms with Crippen LogP contribution in [0.25, 0.3) is 0 Å². The molecule has 7 fully saturated rings. The highest BCUT2D eigenvalue weighted by Gasteiger charge is 2.41. The van der Waals surface area contributed by atoms with Crippen LogP contribution in [0.1, 0.15) is 127 Å². The van der Waals surface area contributed by atoms with Crippen molar-refractivity contribution in [3.8, 4) is 0 Å². The molecular formula is C73H102N12O13S2. The van der Waals surface area contributed by atoms with Crippen LogP contribution >= 0.6 is 0 Å². The summed E-state index contributed by atoms with van der Waals surface area (Å²) in [6, 6.07) is 29.4. The first kappa shape index (κ1) is 73.7. The van der Waals surface area contributed by atoms with Crippen LogP contribution in [0, 0.1) is 11.8 Å². The Kier molecular flexibility index (Phi) is 23.7. The molecule has 3 N–H and O–H groups in total. The van der Waals surface area contributed by atoms with Gasteiger partial charge in [-0.15, -0.1) is 0 Å². The van der Waals surface area contributed by atoms with Gasteiger partial charge in [-0.25, -0.2) is 31.2 Å². The second-order valence-electron chi connectivity index (χ2n) is 29.9. The van der Waals surface area contributed by atoms with Gasteiger partial charge >= 0.3 is 18.3 Å². The molecule has 4 aromatic rings. The Morgan fingerprint density at radius 1 is 0.510 bits per heavy atom. The molecule has 7 saturated heterocycles. The van der Waals surface area contributed by atoms with Crippen molar-refractivity contribution in [2.75, 3.05) is 133 Å². The third kappa shape index (κ3) is 19.3. The van der Waals surface area contributed by atoms with Crippen LogP contribution in [0.5, 0.6) is 0 Å². The summed E-state index contributed by atoms with van der Waals surface area (Å²) >= 11 is 0. The summed E-state index contributed by atoms with van der Waals surface area (Å²) in [5.41, 5.74) is 4.33. The first-order valence-corrected chi connectivity index (χ1v) is 38.7. The molecule has 27 heteroatoms. The van der Waals surface area contributed by atoms with Gasteiger partial charge in [-0.1, -0.05) is 42.5 Å². The highest BCUT2D eigenvalue weighted by Crippen LogP contribution is 2.34. The van der Waals surface area contributed by atoms with Crippen LogP contribution < -0.4 is 30.7 Å². The summed E-state index contributed by atoms with van der Waals surface area (Å²) in [5.74, 6) is 0.304. The molecule has 6 amide bonds. The Morgan fingerprint density at radius 3 is 1.44 bits per heavy atom. The topological polar surface area (TPSA) is 264 Å². The van der Waals surface area contributed by atoms with Gasteiger partial charge < -0.3 is 49.3 Å². The van der Waals surface area contributed by atoms with Gasteiger partial charge in [-0.2, -0.15) is 8.61 Å². The molecule has 8 aliphatic heterocycles. The molecule has 0 aliphatic carbocycles. The quantitative estimate of drug-likeness (QED) is 0.0716. The number of rotatable bonds is 16. The predicted molar refractivity (Wildman–Crippen MR) is 381 cm³/mol. The van der Waals surface area contributed by atoms with Gasteiger partial charge in [-0.05, 0) is 177 Å². The van der Waals surface area contributed by atoms with Crippen LogP contribution in [-0.2, 0) is 57.0 Å². The summed E-state index contributed by atoms with van der Waals surface area (Å²) in [4.78, 5) is 90.0. The van der Waals surface area contributed by atoms with Crippen molar-refractivity contribution in [2.45, 2.75) is 158 Å². The minimum Gasteiger partial charge on any atom is -0.445 e. The number of carbonyl (C=O) groups excluding carboxylic acids is 6. The Morgan fingerprint density at radius 2 is 0.970 bits per heavy atom. The molecule has 0 bridgehead atoms. The number of ether oxygens (including phenoxy) is 3. The van der Waals surface area contributed by atoms with Gasteiger partial charge in [0.25, 0.3) is 5.91 Å². The number of fused-ring (bicyclic) bond motifs is 1. The van der Waals surface area contributed by atoms with Crippen LogP contribution in [0.15, 0.2) is 107 Å². The fourth-order valence-corrected chi connectivity index (χ4v) is 17.8. The first-order chi connectivity index (χ1) is 47.7. The highest BCUT2D eigenvalue weighted by molar-refractivity contribution is 7.89. The number of nitrogens with zero attached hydrogens (tertiary/aromatic N) is 9. The summed E-state index contributed by atoms with van der Waals surface area (Å²) in [6.45, 7) is 25.3. The standard InChI is InChI=1S/C39H53N7O7S.C34H49N5O6S/c1-39(2,3)53-38(50)40-29-13-17-45(18-14-29)54(51,52)32-6-4-5-30(24-32)44-21-19-42(20-22-44)25-27-11-15-43(16-12-27)31-7-8-33-28(23-31)26-46(37(33)49)34-9-10-35(47)41-36(34)48;1-34(2,3)45-32(40)35-29-14-18-39(19-15-29)46(42,43)31-11-7-10-30(24-31)37-22-20-36(21-23-37)25-27-12-16-38(17-13-27)33(41)44-26-28-8-5-4-6-9-28/h4-8,23-24,27,29,34H,9-22,25-26H2,1-3H3,(H,40,50)(H,41,47,48);4-11,24,27,29H,12-23,25-26H2,1-3H3,(H,35,40).